The first kappa shape index (κ1) is 29.1. The number of carbonyl (C=O) groups excluding carboxylic acids is 2. The first-order chi connectivity index (χ1) is 19.0. The van der Waals surface area contributed by atoms with Crippen molar-refractivity contribution < 1.29 is 23.9 Å². The molecule has 212 valence electrons. The molecule has 0 bridgehead atoms. The summed E-state index contributed by atoms with van der Waals surface area (Å²) in [4.78, 5) is 33.2. The quantitative estimate of drug-likeness (QED) is 0.215. The third-order valence-corrected chi connectivity index (χ3v) is 7.40. The second-order valence-corrected chi connectivity index (χ2v) is 10.7. The highest BCUT2D eigenvalue weighted by atomic mass is 16.8. The number of fused-ring (bicyclic) bond motifs is 1. The number of ether oxygens (including phenoxy) is 2. The summed E-state index contributed by atoms with van der Waals surface area (Å²) in [7, 11) is 0. The maximum Gasteiger partial charge on any atom is 0.250 e. The van der Waals surface area contributed by atoms with E-state index in [0.29, 0.717) is 37.5 Å². The molecule has 0 radical (unpaired) electrons. The maximum atomic E-state index is 13.3. The van der Waals surface area contributed by atoms with Crippen molar-refractivity contribution in [1.29, 1.82) is 0 Å². The molecule has 0 aliphatic carbocycles. The molecule has 2 amide bonds. The first-order valence-electron chi connectivity index (χ1n) is 14.4. The van der Waals surface area contributed by atoms with Crippen LogP contribution in [0, 0.1) is 0 Å². The number of allylic oxidation sites excluding steroid dienone is 1. The van der Waals surface area contributed by atoms with Crippen LogP contribution in [0.15, 0.2) is 54.1 Å². The first-order valence-corrected chi connectivity index (χ1v) is 14.4. The van der Waals surface area contributed by atoms with Gasteiger partial charge in [-0.1, -0.05) is 42.5 Å². The van der Waals surface area contributed by atoms with Crippen LogP contribution in [0.5, 0.6) is 5.75 Å². The number of hydroxylamine groups is 1. The lowest BCUT2D eigenvalue weighted by Gasteiger charge is -2.22. The minimum Gasteiger partial charge on any atom is -0.488 e. The average Bonchev–Trinajstić information content (AvgIpc) is 3.42. The molecule has 2 aromatic rings. The van der Waals surface area contributed by atoms with Crippen LogP contribution in [0.25, 0.3) is 10.8 Å². The zero-order valence-corrected chi connectivity index (χ0v) is 23.3. The molecule has 39 heavy (non-hydrogen) atoms. The van der Waals surface area contributed by atoms with Crippen LogP contribution in [0.1, 0.15) is 65.2 Å². The normalized spacial score (nSPS) is 20.3. The Hall–Kier alpha value is -2.94. The van der Waals surface area contributed by atoms with Crippen molar-refractivity contribution in [2.45, 2.75) is 83.6 Å². The summed E-state index contributed by atoms with van der Waals surface area (Å²) in [5.74, 6) is 0.531. The molecule has 2 aliphatic heterocycles. The molecule has 0 saturated carbocycles. The molecule has 0 spiro atoms. The highest BCUT2D eigenvalue weighted by molar-refractivity contribution is 5.94. The van der Waals surface area contributed by atoms with Crippen molar-refractivity contribution in [2.24, 2.45) is 0 Å². The average molecular weight is 538 g/mol. The summed E-state index contributed by atoms with van der Waals surface area (Å²) >= 11 is 0. The number of benzene rings is 2. The Kier molecular flexibility index (Phi) is 11.2. The lowest BCUT2D eigenvalue weighted by Crippen LogP contribution is -2.39. The van der Waals surface area contributed by atoms with Crippen molar-refractivity contribution in [3.63, 3.8) is 0 Å². The van der Waals surface area contributed by atoms with Gasteiger partial charge in [-0.3, -0.25) is 14.5 Å². The van der Waals surface area contributed by atoms with E-state index in [4.69, 9.17) is 14.3 Å². The van der Waals surface area contributed by atoms with E-state index < -0.39 is 0 Å². The molecule has 2 heterocycles. The number of likely N-dealkylation sites (tertiary alicyclic amines) is 1. The van der Waals surface area contributed by atoms with Crippen molar-refractivity contribution in [1.82, 2.24) is 15.7 Å². The molecule has 2 fully saturated rings. The summed E-state index contributed by atoms with van der Waals surface area (Å²) in [6.45, 7) is 7.09. The van der Waals surface area contributed by atoms with E-state index in [1.807, 2.05) is 36.4 Å². The van der Waals surface area contributed by atoms with Gasteiger partial charge < -0.3 is 14.8 Å². The van der Waals surface area contributed by atoms with Crippen LogP contribution in [-0.2, 0) is 19.2 Å². The maximum absolute atomic E-state index is 13.3. The van der Waals surface area contributed by atoms with Crippen molar-refractivity contribution in [3.8, 4) is 5.75 Å². The SMILES string of the molecule is CC(C)N1CCC(NC(=O)/C(=C/CCCCC(=O)NOC2CCCCO2)COc2cccc3ccccc23)C1. The second-order valence-electron chi connectivity index (χ2n) is 10.7. The highest BCUT2D eigenvalue weighted by Crippen LogP contribution is 2.26. The summed E-state index contributed by atoms with van der Waals surface area (Å²) in [5, 5.41) is 5.35. The van der Waals surface area contributed by atoms with Gasteiger partial charge in [0.15, 0.2) is 6.29 Å². The smallest absolute Gasteiger partial charge is 0.250 e. The van der Waals surface area contributed by atoms with E-state index in [1.54, 1.807) is 0 Å². The van der Waals surface area contributed by atoms with E-state index in [9.17, 15) is 9.59 Å². The third kappa shape index (κ3) is 9.05. The zero-order chi connectivity index (χ0) is 27.5. The van der Waals surface area contributed by atoms with Crippen LogP contribution in [0.4, 0.5) is 0 Å². The molecule has 2 aromatic carbocycles. The molecular weight excluding hydrogens is 494 g/mol. The standard InChI is InChI=1S/C31H43N3O5/c1-23(2)34-19-18-26(21-34)32-31(36)25(22-38-28-15-10-13-24-11-6-7-14-27(24)28)12-4-3-5-16-29(35)33-39-30-17-8-9-20-37-30/h6-7,10-15,23,26,30H,3-5,8-9,16-22H2,1-2H3,(H,32,36)(H,33,35)/b25-12+. The van der Waals surface area contributed by atoms with Gasteiger partial charge in [-0.25, -0.2) is 10.3 Å². The van der Waals surface area contributed by atoms with Crippen LogP contribution in [-0.4, -0.2) is 61.4 Å². The van der Waals surface area contributed by atoms with Crippen molar-refractivity contribution in [3.05, 3.63) is 54.1 Å². The predicted octanol–water partition coefficient (Wildman–Crippen LogP) is 4.88. The summed E-state index contributed by atoms with van der Waals surface area (Å²) in [6, 6.07) is 14.6. The molecule has 8 nitrogen and oxygen atoms in total. The molecular formula is C31H43N3O5. The molecule has 2 unspecified atom stereocenters. The molecule has 8 heteroatoms. The summed E-state index contributed by atoms with van der Waals surface area (Å²) < 4.78 is 11.6. The predicted molar refractivity (Wildman–Crippen MR) is 152 cm³/mol. The van der Waals surface area contributed by atoms with Crippen LogP contribution in [0.3, 0.4) is 0 Å². The topological polar surface area (TPSA) is 89.1 Å². The van der Waals surface area contributed by atoms with E-state index in [2.05, 4.69) is 41.7 Å². The van der Waals surface area contributed by atoms with Crippen molar-refractivity contribution >= 4 is 22.6 Å². The Bertz CT molecular complexity index is 1110. The van der Waals surface area contributed by atoms with E-state index in [0.717, 1.165) is 61.7 Å². The fraction of sp³-hybridized carbons (Fsp3) is 0.548. The number of hydrogen-bond acceptors (Lipinski definition) is 6. The summed E-state index contributed by atoms with van der Waals surface area (Å²) in [6.07, 6.45) is 7.96. The zero-order valence-electron chi connectivity index (χ0n) is 23.3. The van der Waals surface area contributed by atoms with Crippen LogP contribution in [0.2, 0.25) is 0 Å². The number of rotatable bonds is 13. The largest absolute Gasteiger partial charge is 0.488 e. The Labute approximate surface area is 232 Å². The Balaban J connectivity index is 1.29. The second kappa shape index (κ2) is 15.0. The van der Waals surface area contributed by atoms with E-state index >= 15 is 0 Å². The fourth-order valence-electron chi connectivity index (χ4n) is 5.04. The molecule has 2 atom stereocenters. The third-order valence-electron chi connectivity index (χ3n) is 7.40. The number of nitrogens with one attached hydrogen (secondary N) is 2. The number of hydrogen-bond donors (Lipinski definition) is 2. The van der Waals surface area contributed by atoms with E-state index in [-0.39, 0.29) is 30.8 Å². The van der Waals surface area contributed by atoms with E-state index in [1.165, 1.54) is 0 Å². The van der Waals surface area contributed by atoms with Gasteiger partial charge in [0.1, 0.15) is 12.4 Å². The van der Waals surface area contributed by atoms with Gasteiger partial charge in [0.2, 0.25) is 5.91 Å². The minimum atomic E-state index is -0.346. The van der Waals surface area contributed by atoms with Gasteiger partial charge in [-0.2, -0.15) is 0 Å². The van der Waals surface area contributed by atoms with Crippen LogP contribution < -0.4 is 15.5 Å². The van der Waals surface area contributed by atoms with Gasteiger partial charge in [-0.05, 0) is 63.8 Å². The lowest BCUT2D eigenvalue weighted by atomic mass is 10.1. The van der Waals surface area contributed by atoms with Gasteiger partial charge in [0.05, 0.1) is 5.57 Å². The lowest BCUT2D eigenvalue weighted by molar-refractivity contribution is -0.200. The van der Waals surface area contributed by atoms with Gasteiger partial charge >= 0.3 is 0 Å². The summed E-state index contributed by atoms with van der Waals surface area (Å²) in [5.41, 5.74) is 3.13. The number of amides is 2. The molecule has 4 rings (SSSR count). The fourth-order valence-corrected chi connectivity index (χ4v) is 5.04. The molecule has 2 saturated heterocycles. The Morgan fingerprint density at radius 2 is 1.95 bits per heavy atom. The number of unbranched alkanes of at least 4 members (excludes halogenated alkanes) is 2. The highest BCUT2D eigenvalue weighted by Gasteiger charge is 2.26. The van der Waals surface area contributed by atoms with Gasteiger partial charge in [0, 0.05) is 50.0 Å². The molecule has 2 N–H and O–H groups in total. The van der Waals surface area contributed by atoms with Gasteiger partial charge in [-0.15, -0.1) is 0 Å². The molecule has 2 aliphatic rings. The number of carbonyl (C=O) groups is 2. The Morgan fingerprint density at radius 3 is 2.74 bits per heavy atom. The number of nitrogens with zero attached hydrogens (tertiary/aromatic N) is 1. The monoisotopic (exact) mass is 537 g/mol. The minimum absolute atomic E-state index is 0.0792. The van der Waals surface area contributed by atoms with Crippen molar-refractivity contribution in [2.75, 3.05) is 26.3 Å². The van der Waals surface area contributed by atoms with Gasteiger partial charge in [0.25, 0.3) is 5.91 Å². The Morgan fingerprint density at radius 1 is 1.10 bits per heavy atom. The molecule has 0 aromatic heterocycles. The van der Waals surface area contributed by atoms with Crippen LogP contribution >= 0.6 is 0 Å².